The quantitative estimate of drug-likeness (QED) is 0.875. The fourth-order valence-electron chi connectivity index (χ4n) is 3.38. The maximum Gasteiger partial charge on any atom is 0.120 e. The van der Waals surface area contributed by atoms with E-state index in [4.69, 9.17) is 10.5 Å². The van der Waals surface area contributed by atoms with E-state index in [9.17, 15) is 0 Å². The van der Waals surface area contributed by atoms with Crippen molar-refractivity contribution in [3.63, 3.8) is 0 Å². The maximum absolute atomic E-state index is 5.95. The van der Waals surface area contributed by atoms with Gasteiger partial charge in [0.1, 0.15) is 12.4 Å². The molecule has 3 rings (SSSR count). The summed E-state index contributed by atoms with van der Waals surface area (Å²) in [4.78, 5) is 2.52. The molecule has 0 radical (unpaired) electrons. The molecular weight excluding hydrogens is 308 g/mol. The third-order valence-corrected chi connectivity index (χ3v) is 4.58. The van der Waals surface area contributed by atoms with Crippen LogP contribution in [0.1, 0.15) is 19.3 Å². The van der Waals surface area contributed by atoms with E-state index in [-0.39, 0.29) is 12.4 Å². The van der Waals surface area contributed by atoms with Crippen molar-refractivity contribution in [2.45, 2.75) is 19.3 Å². The van der Waals surface area contributed by atoms with E-state index in [1.165, 1.54) is 36.7 Å². The van der Waals surface area contributed by atoms with E-state index in [1.807, 2.05) is 0 Å². The molecule has 4 heteroatoms. The lowest BCUT2D eigenvalue weighted by atomic mass is 9.95. The van der Waals surface area contributed by atoms with Gasteiger partial charge in [-0.3, -0.25) is 4.90 Å². The smallest absolute Gasteiger partial charge is 0.120 e. The zero-order chi connectivity index (χ0) is 15.2. The van der Waals surface area contributed by atoms with Crippen LogP contribution < -0.4 is 10.5 Å². The normalized spacial score (nSPS) is 18.6. The Bertz CT molecular complexity index is 603. The second kappa shape index (κ2) is 9.11. The number of piperidine rings is 1. The van der Waals surface area contributed by atoms with Crippen LogP contribution >= 0.6 is 12.4 Å². The number of halogens is 1. The van der Waals surface area contributed by atoms with Crippen LogP contribution in [0, 0.1) is 5.92 Å². The third kappa shape index (κ3) is 5.10. The number of benzene rings is 2. The molecule has 0 aromatic heterocycles. The lowest BCUT2D eigenvalue weighted by molar-refractivity contribution is 0.144. The van der Waals surface area contributed by atoms with Gasteiger partial charge in [-0.1, -0.05) is 30.3 Å². The average molecular weight is 335 g/mol. The highest BCUT2D eigenvalue weighted by Crippen LogP contribution is 2.21. The predicted octanol–water partition coefficient (Wildman–Crippen LogP) is 3.70. The molecule has 1 fully saturated rings. The summed E-state index contributed by atoms with van der Waals surface area (Å²) >= 11 is 0. The van der Waals surface area contributed by atoms with Crippen LogP contribution in [0.3, 0.4) is 0 Å². The average Bonchev–Trinajstić information content (AvgIpc) is 2.55. The van der Waals surface area contributed by atoms with Gasteiger partial charge in [0.2, 0.25) is 0 Å². The van der Waals surface area contributed by atoms with Gasteiger partial charge < -0.3 is 10.5 Å². The molecular formula is C19H27ClN2O. The van der Waals surface area contributed by atoms with Crippen molar-refractivity contribution < 1.29 is 4.74 Å². The van der Waals surface area contributed by atoms with Gasteiger partial charge in [0.15, 0.2) is 0 Å². The topological polar surface area (TPSA) is 38.5 Å². The largest absolute Gasteiger partial charge is 0.492 e. The van der Waals surface area contributed by atoms with Crippen molar-refractivity contribution in [3.05, 3.63) is 42.5 Å². The molecule has 0 bridgehead atoms. The molecule has 2 N–H and O–H groups in total. The summed E-state index contributed by atoms with van der Waals surface area (Å²) in [6, 6.07) is 14.7. The minimum Gasteiger partial charge on any atom is -0.492 e. The molecule has 3 nitrogen and oxygen atoms in total. The third-order valence-electron chi connectivity index (χ3n) is 4.58. The Balaban J connectivity index is 0.00000192. The first-order valence-electron chi connectivity index (χ1n) is 8.39. The van der Waals surface area contributed by atoms with Crippen molar-refractivity contribution >= 4 is 23.2 Å². The lowest BCUT2D eigenvalue weighted by Crippen LogP contribution is -2.38. The maximum atomic E-state index is 5.95. The van der Waals surface area contributed by atoms with Crippen LogP contribution in [0.4, 0.5) is 0 Å². The molecule has 0 saturated carbocycles. The monoisotopic (exact) mass is 334 g/mol. The van der Waals surface area contributed by atoms with Gasteiger partial charge >= 0.3 is 0 Å². The second-order valence-electron chi connectivity index (χ2n) is 6.24. The summed E-state index contributed by atoms with van der Waals surface area (Å²) in [6.45, 7) is 4.95. The van der Waals surface area contributed by atoms with Crippen molar-refractivity contribution in [1.29, 1.82) is 0 Å². The second-order valence-corrected chi connectivity index (χ2v) is 6.24. The van der Waals surface area contributed by atoms with Gasteiger partial charge in [-0.2, -0.15) is 0 Å². The van der Waals surface area contributed by atoms with Crippen molar-refractivity contribution in [3.8, 4) is 5.75 Å². The van der Waals surface area contributed by atoms with Gasteiger partial charge in [0.25, 0.3) is 0 Å². The van der Waals surface area contributed by atoms with Crippen LogP contribution in [0.2, 0.25) is 0 Å². The molecule has 1 unspecified atom stereocenters. The van der Waals surface area contributed by atoms with Crippen LogP contribution in [0.5, 0.6) is 5.75 Å². The first-order valence-corrected chi connectivity index (χ1v) is 8.39. The molecule has 1 atom stereocenters. The predicted molar refractivity (Wildman–Crippen MR) is 99.5 cm³/mol. The van der Waals surface area contributed by atoms with Crippen LogP contribution in [-0.2, 0) is 0 Å². The number of hydrogen-bond donors (Lipinski definition) is 1. The summed E-state index contributed by atoms with van der Waals surface area (Å²) in [5.74, 6) is 1.74. The van der Waals surface area contributed by atoms with Crippen LogP contribution in [0.25, 0.3) is 10.8 Å². The number of ether oxygens (including phenoxy) is 1. The van der Waals surface area contributed by atoms with Gasteiger partial charge in [-0.05, 0) is 61.2 Å². The molecule has 1 heterocycles. The highest BCUT2D eigenvalue weighted by molar-refractivity contribution is 5.85. The molecule has 2 aromatic carbocycles. The molecule has 23 heavy (non-hydrogen) atoms. The Morgan fingerprint density at radius 3 is 2.78 bits per heavy atom. The molecule has 0 amide bonds. The van der Waals surface area contributed by atoms with Gasteiger partial charge in [0.05, 0.1) is 0 Å². The summed E-state index contributed by atoms with van der Waals surface area (Å²) in [5, 5.41) is 2.50. The summed E-state index contributed by atoms with van der Waals surface area (Å²) < 4.78 is 5.95. The Morgan fingerprint density at radius 1 is 1.13 bits per heavy atom. The van der Waals surface area contributed by atoms with E-state index in [0.717, 1.165) is 37.8 Å². The highest BCUT2D eigenvalue weighted by atomic mass is 35.5. The van der Waals surface area contributed by atoms with E-state index >= 15 is 0 Å². The van der Waals surface area contributed by atoms with E-state index in [2.05, 4.69) is 47.4 Å². The van der Waals surface area contributed by atoms with E-state index in [0.29, 0.717) is 0 Å². The molecule has 126 valence electrons. The van der Waals surface area contributed by atoms with E-state index < -0.39 is 0 Å². The SMILES string of the molecule is Cl.NCCC1CCCN(CCOc2ccc3ccccc3c2)C1. The Labute approximate surface area is 145 Å². The molecule has 2 aromatic rings. The summed E-state index contributed by atoms with van der Waals surface area (Å²) in [5.41, 5.74) is 5.68. The number of fused-ring (bicyclic) bond motifs is 1. The highest BCUT2D eigenvalue weighted by Gasteiger charge is 2.18. The molecule has 0 spiro atoms. The minimum absolute atomic E-state index is 0. The van der Waals surface area contributed by atoms with E-state index in [1.54, 1.807) is 0 Å². The zero-order valence-electron chi connectivity index (χ0n) is 13.6. The fourth-order valence-corrected chi connectivity index (χ4v) is 3.38. The molecule has 1 saturated heterocycles. The molecule has 1 aliphatic heterocycles. The standard InChI is InChI=1S/C19H26N2O.ClH/c20-10-9-16-4-3-11-21(15-16)12-13-22-19-8-7-17-5-1-2-6-18(17)14-19;/h1-2,5-8,14,16H,3-4,9-13,15,20H2;1H. The number of likely N-dealkylation sites (tertiary alicyclic amines) is 1. The Morgan fingerprint density at radius 2 is 1.96 bits per heavy atom. The fraction of sp³-hybridized carbons (Fsp3) is 0.474. The van der Waals surface area contributed by atoms with Gasteiger partial charge in [0, 0.05) is 13.1 Å². The van der Waals surface area contributed by atoms with Crippen LogP contribution in [0.15, 0.2) is 42.5 Å². The van der Waals surface area contributed by atoms with Crippen molar-refractivity contribution in [2.75, 3.05) is 32.8 Å². The lowest BCUT2D eigenvalue weighted by Gasteiger charge is -2.32. The molecule has 1 aliphatic rings. The number of nitrogens with zero attached hydrogens (tertiary/aromatic N) is 1. The summed E-state index contributed by atoms with van der Waals surface area (Å²) in [7, 11) is 0. The Kier molecular flexibility index (Phi) is 7.15. The summed E-state index contributed by atoms with van der Waals surface area (Å²) in [6.07, 6.45) is 3.78. The number of rotatable bonds is 6. The number of hydrogen-bond acceptors (Lipinski definition) is 3. The zero-order valence-corrected chi connectivity index (χ0v) is 14.4. The van der Waals surface area contributed by atoms with Crippen molar-refractivity contribution in [2.24, 2.45) is 11.7 Å². The van der Waals surface area contributed by atoms with Gasteiger partial charge in [-0.25, -0.2) is 0 Å². The number of nitrogens with two attached hydrogens (primary N) is 1. The first-order chi connectivity index (χ1) is 10.8. The molecule has 0 aliphatic carbocycles. The first kappa shape index (κ1) is 18.1. The van der Waals surface area contributed by atoms with Crippen LogP contribution in [-0.4, -0.2) is 37.7 Å². The van der Waals surface area contributed by atoms with Gasteiger partial charge in [-0.15, -0.1) is 12.4 Å². The van der Waals surface area contributed by atoms with Crippen molar-refractivity contribution in [1.82, 2.24) is 4.90 Å². The minimum atomic E-state index is 0. The Hall–Kier alpha value is -1.29.